The maximum atomic E-state index is 6.32. The molecule has 1 heteroatoms. The van der Waals surface area contributed by atoms with Crippen molar-refractivity contribution < 1.29 is 0 Å². The van der Waals surface area contributed by atoms with Crippen molar-refractivity contribution in [2.45, 2.75) is 39.2 Å². The van der Waals surface area contributed by atoms with Gasteiger partial charge in [-0.1, -0.05) is 50.3 Å². The van der Waals surface area contributed by atoms with Crippen LogP contribution in [-0.4, -0.2) is 6.04 Å². The molecule has 0 amide bonds. The normalized spacial score (nSPS) is 50.4. The molecule has 0 radical (unpaired) electrons. The third-order valence-electron chi connectivity index (χ3n) is 4.94. The summed E-state index contributed by atoms with van der Waals surface area (Å²) in [5.74, 6) is 2.30. The van der Waals surface area contributed by atoms with Gasteiger partial charge < -0.3 is 5.73 Å². The summed E-state index contributed by atoms with van der Waals surface area (Å²) < 4.78 is 0. The zero-order chi connectivity index (χ0) is 13.4. The van der Waals surface area contributed by atoms with Gasteiger partial charge in [0.05, 0.1) is 0 Å². The van der Waals surface area contributed by atoms with Gasteiger partial charge in [-0.05, 0) is 42.2 Å². The van der Waals surface area contributed by atoms with E-state index >= 15 is 0 Å². The van der Waals surface area contributed by atoms with E-state index in [1.165, 1.54) is 12.8 Å². The largest absolute Gasteiger partial charge is 0.327 e. The van der Waals surface area contributed by atoms with E-state index in [1.54, 1.807) is 11.1 Å². The van der Waals surface area contributed by atoms with Crippen LogP contribution in [0.5, 0.6) is 0 Å². The molecule has 0 spiro atoms. The van der Waals surface area contributed by atoms with Crippen LogP contribution in [0.4, 0.5) is 0 Å². The Morgan fingerprint density at radius 2 is 1.53 bits per heavy atom. The summed E-state index contributed by atoms with van der Waals surface area (Å²) in [6.07, 6.45) is 17.8. The van der Waals surface area contributed by atoms with Gasteiger partial charge in [-0.3, -0.25) is 0 Å². The molecule has 5 atom stereocenters. The maximum absolute atomic E-state index is 6.32. The highest BCUT2D eigenvalue weighted by atomic mass is 14.6. The standard InChI is InChI=1S/C18H25N/c1-12-9-16-14-5-3-4-6-15(8-7-14)17(16)11-13(2)18(19)10-12/h3-6,9,11-15,18H,7-8,10,19H2,1-2H3/b5-3-,6-4-,16-9-,17-11-. The Balaban J connectivity index is 2.08. The zero-order valence-electron chi connectivity index (χ0n) is 12.0. The minimum Gasteiger partial charge on any atom is -0.327 e. The SMILES string of the molecule is CC1/C=C2\C(=C/C(C)C(N)C1)C1/C=C\C=C/C2CC1. The number of hydrogen-bond acceptors (Lipinski definition) is 1. The van der Waals surface area contributed by atoms with Crippen LogP contribution >= 0.6 is 0 Å². The predicted molar refractivity (Wildman–Crippen MR) is 81.6 cm³/mol. The molecule has 3 aliphatic carbocycles. The molecule has 0 aromatic carbocycles. The van der Waals surface area contributed by atoms with Gasteiger partial charge in [0.25, 0.3) is 0 Å². The van der Waals surface area contributed by atoms with Crippen LogP contribution in [0.1, 0.15) is 33.1 Å². The summed E-state index contributed by atoms with van der Waals surface area (Å²) in [6, 6.07) is 0.295. The molecule has 0 aliphatic heterocycles. The molecule has 5 unspecified atom stereocenters. The quantitative estimate of drug-likeness (QED) is 0.696. The number of hydrogen-bond donors (Lipinski definition) is 1. The fraction of sp³-hybridized carbons (Fsp3) is 0.556. The lowest BCUT2D eigenvalue weighted by molar-refractivity contribution is 0.428. The van der Waals surface area contributed by atoms with E-state index < -0.39 is 0 Å². The van der Waals surface area contributed by atoms with Crippen molar-refractivity contribution in [3.05, 3.63) is 47.6 Å². The Kier molecular flexibility index (Phi) is 3.49. The Morgan fingerprint density at radius 3 is 2.16 bits per heavy atom. The molecule has 2 N–H and O–H groups in total. The molecule has 3 aliphatic rings. The van der Waals surface area contributed by atoms with Crippen LogP contribution in [0.25, 0.3) is 0 Å². The Bertz CT molecular complexity index is 466. The third-order valence-corrected chi connectivity index (χ3v) is 4.94. The van der Waals surface area contributed by atoms with E-state index in [9.17, 15) is 0 Å². The minimum atomic E-state index is 0.295. The van der Waals surface area contributed by atoms with Gasteiger partial charge in [0, 0.05) is 17.9 Å². The number of rotatable bonds is 0. The molecule has 0 aromatic heterocycles. The van der Waals surface area contributed by atoms with Gasteiger partial charge in [0.1, 0.15) is 0 Å². The van der Waals surface area contributed by atoms with E-state index in [1.807, 2.05) is 0 Å². The number of nitrogens with two attached hydrogens (primary N) is 1. The highest BCUT2D eigenvalue weighted by molar-refractivity contribution is 5.44. The summed E-state index contributed by atoms with van der Waals surface area (Å²) in [5.41, 5.74) is 9.47. The van der Waals surface area contributed by atoms with Crippen LogP contribution in [0, 0.1) is 23.7 Å². The first kappa shape index (κ1) is 12.9. The fourth-order valence-electron chi connectivity index (χ4n) is 3.76. The molecule has 2 bridgehead atoms. The predicted octanol–water partition coefficient (Wildman–Crippen LogP) is 3.99. The second-order valence-corrected chi connectivity index (χ2v) is 6.54. The monoisotopic (exact) mass is 255 g/mol. The van der Waals surface area contributed by atoms with Crippen LogP contribution in [0.3, 0.4) is 0 Å². The van der Waals surface area contributed by atoms with Gasteiger partial charge >= 0.3 is 0 Å². The molecule has 0 heterocycles. The first-order chi connectivity index (χ1) is 9.15. The van der Waals surface area contributed by atoms with E-state index in [4.69, 9.17) is 5.73 Å². The van der Waals surface area contributed by atoms with Crippen molar-refractivity contribution in [1.29, 1.82) is 0 Å². The van der Waals surface area contributed by atoms with E-state index in [-0.39, 0.29) is 0 Å². The van der Waals surface area contributed by atoms with Crippen LogP contribution in [0.15, 0.2) is 47.6 Å². The molecular formula is C18H25N. The third kappa shape index (κ3) is 2.49. The van der Waals surface area contributed by atoms with Gasteiger partial charge in [0.15, 0.2) is 0 Å². The first-order valence-corrected chi connectivity index (χ1v) is 7.69. The summed E-state index contributed by atoms with van der Waals surface area (Å²) in [7, 11) is 0. The molecule has 1 saturated carbocycles. The van der Waals surface area contributed by atoms with Crippen molar-refractivity contribution in [3.63, 3.8) is 0 Å². The van der Waals surface area contributed by atoms with E-state index in [0.29, 0.717) is 29.7 Å². The van der Waals surface area contributed by atoms with Crippen LogP contribution in [-0.2, 0) is 0 Å². The second kappa shape index (κ2) is 5.13. The summed E-state index contributed by atoms with van der Waals surface area (Å²) in [5, 5.41) is 0. The highest BCUT2D eigenvalue weighted by Crippen LogP contribution is 2.43. The van der Waals surface area contributed by atoms with Crippen molar-refractivity contribution in [3.8, 4) is 0 Å². The lowest BCUT2D eigenvalue weighted by Crippen LogP contribution is -2.32. The minimum absolute atomic E-state index is 0.295. The number of allylic oxidation sites excluding steroid dienone is 7. The van der Waals surface area contributed by atoms with Crippen molar-refractivity contribution in [1.82, 2.24) is 0 Å². The fourth-order valence-corrected chi connectivity index (χ4v) is 3.76. The average molecular weight is 255 g/mol. The van der Waals surface area contributed by atoms with Crippen molar-refractivity contribution >= 4 is 0 Å². The molecule has 0 aromatic rings. The second-order valence-electron chi connectivity index (χ2n) is 6.54. The molecule has 1 fully saturated rings. The van der Waals surface area contributed by atoms with Crippen molar-refractivity contribution in [2.24, 2.45) is 29.4 Å². The zero-order valence-corrected chi connectivity index (χ0v) is 12.0. The van der Waals surface area contributed by atoms with Gasteiger partial charge in [-0.2, -0.15) is 0 Å². The van der Waals surface area contributed by atoms with E-state index in [0.717, 1.165) is 6.42 Å². The lowest BCUT2D eigenvalue weighted by atomic mass is 9.69. The highest BCUT2D eigenvalue weighted by Gasteiger charge is 2.30. The lowest BCUT2D eigenvalue weighted by Gasteiger charge is -2.36. The van der Waals surface area contributed by atoms with E-state index in [2.05, 4.69) is 50.3 Å². The first-order valence-electron chi connectivity index (χ1n) is 7.69. The van der Waals surface area contributed by atoms with Crippen LogP contribution < -0.4 is 5.73 Å². The van der Waals surface area contributed by atoms with Gasteiger partial charge in [-0.15, -0.1) is 0 Å². The molecule has 0 saturated heterocycles. The summed E-state index contributed by atoms with van der Waals surface area (Å²) in [4.78, 5) is 0. The summed E-state index contributed by atoms with van der Waals surface area (Å²) >= 11 is 0. The Hall–Kier alpha value is -1.08. The molecule has 3 rings (SSSR count). The Labute approximate surface area is 117 Å². The van der Waals surface area contributed by atoms with Crippen molar-refractivity contribution in [2.75, 3.05) is 0 Å². The average Bonchev–Trinajstić information content (AvgIpc) is 2.32. The Morgan fingerprint density at radius 1 is 0.947 bits per heavy atom. The summed E-state index contributed by atoms with van der Waals surface area (Å²) in [6.45, 7) is 4.59. The molecule has 19 heavy (non-hydrogen) atoms. The molecule has 102 valence electrons. The molecule has 1 nitrogen and oxygen atoms in total. The van der Waals surface area contributed by atoms with Gasteiger partial charge in [-0.25, -0.2) is 0 Å². The van der Waals surface area contributed by atoms with Gasteiger partial charge in [0.2, 0.25) is 0 Å². The maximum Gasteiger partial charge on any atom is 0.0105 e. The van der Waals surface area contributed by atoms with Crippen LogP contribution in [0.2, 0.25) is 0 Å². The molecular weight excluding hydrogens is 230 g/mol. The topological polar surface area (TPSA) is 26.0 Å². The smallest absolute Gasteiger partial charge is 0.0105 e.